The van der Waals surface area contributed by atoms with Gasteiger partial charge in [0.05, 0.1) is 12.5 Å². The fourth-order valence-corrected chi connectivity index (χ4v) is 3.71. The second-order valence-corrected chi connectivity index (χ2v) is 7.20. The van der Waals surface area contributed by atoms with E-state index < -0.39 is 36.1 Å². The van der Waals surface area contributed by atoms with Gasteiger partial charge < -0.3 is 19.7 Å². The van der Waals surface area contributed by atoms with E-state index >= 15 is 0 Å². The SMILES string of the molecule is CCC(=O)O[C@H](C=C[C@H]1[C@H](CC(=O)O)[C@H](O)C[C@@H]1OC=O)CCc1ccccc1. The zero-order valence-electron chi connectivity index (χ0n) is 16.5. The van der Waals surface area contributed by atoms with E-state index in [1.165, 1.54) is 0 Å². The molecule has 5 atom stereocenters. The zero-order valence-corrected chi connectivity index (χ0v) is 16.5. The number of aliphatic hydroxyl groups excluding tert-OH is 1. The van der Waals surface area contributed by atoms with E-state index in [4.69, 9.17) is 14.6 Å². The lowest BCUT2D eigenvalue weighted by Crippen LogP contribution is -2.25. The summed E-state index contributed by atoms with van der Waals surface area (Å²) in [6, 6.07) is 9.80. The molecule has 0 aliphatic heterocycles. The maximum absolute atomic E-state index is 11.8. The van der Waals surface area contributed by atoms with E-state index in [1.54, 1.807) is 19.1 Å². The molecule has 2 N–H and O–H groups in total. The lowest BCUT2D eigenvalue weighted by molar-refractivity contribution is -0.146. The number of aliphatic carboxylic acids is 1. The summed E-state index contributed by atoms with van der Waals surface area (Å²) in [6.45, 7) is 2.02. The number of carboxylic acids is 1. The minimum absolute atomic E-state index is 0.176. The Morgan fingerprint density at radius 1 is 1.28 bits per heavy atom. The monoisotopic (exact) mass is 404 g/mol. The van der Waals surface area contributed by atoms with Crippen LogP contribution in [0, 0.1) is 11.8 Å². The van der Waals surface area contributed by atoms with Gasteiger partial charge in [-0.1, -0.05) is 43.3 Å². The van der Waals surface area contributed by atoms with E-state index in [0.29, 0.717) is 19.3 Å². The van der Waals surface area contributed by atoms with Gasteiger partial charge in [0.1, 0.15) is 12.2 Å². The molecule has 1 saturated carbocycles. The normalized spacial score (nSPS) is 24.9. The summed E-state index contributed by atoms with van der Waals surface area (Å²) in [5, 5.41) is 19.4. The van der Waals surface area contributed by atoms with Crippen LogP contribution in [-0.4, -0.2) is 46.9 Å². The Bertz CT molecular complexity index is 700. The Hall–Kier alpha value is -2.67. The lowest BCUT2D eigenvalue weighted by atomic mass is 9.89. The highest BCUT2D eigenvalue weighted by molar-refractivity contribution is 5.69. The van der Waals surface area contributed by atoms with Gasteiger partial charge in [-0.25, -0.2) is 0 Å². The van der Waals surface area contributed by atoms with Crippen molar-refractivity contribution in [1.82, 2.24) is 0 Å². The number of carbonyl (C=O) groups is 3. The number of hydrogen-bond acceptors (Lipinski definition) is 6. The van der Waals surface area contributed by atoms with Crippen LogP contribution in [0.2, 0.25) is 0 Å². The van der Waals surface area contributed by atoms with Gasteiger partial charge in [-0.3, -0.25) is 14.4 Å². The summed E-state index contributed by atoms with van der Waals surface area (Å²) in [5.74, 6) is -2.41. The molecule has 7 nitrogen and oxygen atoms in total. The summed E-state index contributed by atoms with van der Waals surface area (Å²) in [6.07, 6.45) is 2.89. The smallest absolute Gasteiger partial charge is 0.306 e. The van der Waals surface area contributed by atoms with Crippen molar-refractivity contribution in [2.75, 3.05) is 0 Å². The number of aliphatic hydroxyl groups is 1. The summed E-state index contributed by atoms with van der Waals surface area (Å²) in [5.41, 5.74) is 1.11. The number of hydrogen-bond donors (Lipinski definition) is 2. The molecule has 0 saturated heterocycles. The van der Waals surface area contributed by atoms with E-state index in [1.807, 2.05) is 30.3 Å². The first-order valence-corrected chi connectivity index (χ1v) is 9.85. The van der Waals surface area contributed by atoms with Crippen molar-refractivity contribution >= 4 is 18.4 Å². The molecule has 1 aromatic rings. The van der Waals surface area contributed by atoms with Gasteiger partial charge in [0.25, 0.3) is 6.47 Å². The highest BCUT2D eigenvalue weighted by Gasteiger charge is 2.43. The van der Waals surface area contributed by atoms with Crippen LogP contribution in [0.5, 0.6) is 0 Å². The van der Waals surface area contributed by atoms with Gasteiger partial charge in [-0.05, 0) is 24.5 Å². The van der Waals surface area contributed by atoms with Gasteiger partial charge in [-0.15, -0.1) is 0 Å². The van der Waals surface area contributed by atoms with Crippen LogP contribution in [0.3, 0.4) is 0 Å². The van der Waals surface area contributed by atoms with Gasteiger partial charge >= 0.3 is 11.9 Å². The number of ether oxygens (including phenoxy) is 2. The maximum Gasteiger partial charge on any atom is 0.306 e. The molecule has 0 unspecified atom stereocenters. The van der Waals surface area contributed by atoms with E-state index in [-0.39, 0.29) is 25.2 Å². The number of benzene rings is 1. The summed E-state index contributed by atoms with van der Waals surface area (Å²) in [7, 11) is 0. The van der Waals surface area contributed by atoms with Crippen LogP contribution in [0.25, 0.3) is 0 Å². The quantitative estimate of drug-likeness (QED) is 0.331. The van der Waals surface area contributed by atoms with Gasteiger partial charge in [0, 0.05) is 24.7 Å². The van der Waals surface area contributed by atoms with Crippen molar-refractivity contribution in [2.45, 2.75) is 57.3 Å². The third-order valence-corrected chi connectivity index (χ3v) is 5.21. The summed E-state index contributed by atoms with van der Waals surface area (Å²) in [4.78, 5) is 33.8. The molecular formula is C22H28O7. The molecule has 7 heteroatoms. The number of rotatable bonds is 11. The molecule has 0 amide bonds. The third-order valence-electron chi connectivity index (χ3n) is 5.21. The Morgan fingerprint density at radius 2 is 2.00 bits per heavy atom. The fourth-order valence-electron chi connectivity index (χ4n) is 3.71. The van der Waals surface area contributed by atoms with Crippen LogP contribution in [0.1, 0.15) is 38.2 Å². The van der Waals surface area contributed by atoms with Crippen LogP contribution in [-0.2, 0) is 30.3 Å². The van der Waals surface area contributed by atoms with Crippen LogP contribution >= 0.6 is 0 Å². The Morgan fingerprint density at radius 3 is 2.62 bits per heavy atom. The molecule has 1 aliphatic carbocycles. The fraction of sp³-hybridized carbons (Fsp3) is 0.500. The van der Waals surface area contributed by atoms with Crippen LogP contribution < -0.4 is 0 Å². The second kappa shape index (κ2) is 11.4. The Balaban J connectivity index is 2.14. The summed E-state index contributed by atoms with van der Waals surface area (Å²) >= 11 is 0. The third kappa shape index (κ3) is 7.02. The molecule has 0 spiro atoms. The molecule has 2 rings (SSSR count). The number of esters is 1. The Kier molecular flexibility index (Phi) is 8.86. The van der Waals surface area contributed by atoms with Crippen molar-refractivity contribution in [3.05, 3.63) is 48.0 Å². The van der Waals surface area contributed by atoms with E-state index in [2.05, 4.69) is 0 Å². The molecule has 0 heterocycles. The molecule has 0 bridgehead atoms. The topological polar surface area (TPSA) is 110 Å². The van der Waals surface area contributed by atoms with Crippen molar-refractivity contribution in [3.8, 4) is 0 Å². The standard InChI is InChI=1S/C22H28O7/c1-2-22(27)29-16(9-8-15-6-4-3-5-7-15)10-11-17-18(12-21(25)26)19(24)13-20(17)28-14-23/h3-7,10-11,14,16-20,24H,2,8-9,12-13H2,1H3,(H,25,26)/t16-,17-,18-,19+,20-/m0/s1. The van der Waals surface area contributed by atoms with Crippen LogP contribution in [0.4, 0.5) is 0 Å². The van der Waals surface area contributed by atoms with Crippen molar-refractivity contribution in [1.29, 1.82) is 0 Å². The molecule has 158 valence electrons. The van der Waals surface area contributed by atoms with E-state index in [0.717, 1.165) is 5.56 Å². The van der Waals surface area contributed by atoms with Crippen LogP contribution in [0.15, 0.2) is 42.5 Å². The van der Waals surface area contributed by atoms with Gasteiger partial charge in [0.15, 0.2) is 0 Å². The molecule has 1 aromatic carbocycles. The summed E-state index contributed by atoms with van der Waals surface area (Å²) < 4.78 is 10.6. The highest BCUT2D eigenvalue weighted by atomic mass is 16.5. The largest absolute Gasteiger partial charge is 0.481 e. The minimum atomic E-state index is -1.03. The lowest BCUT2D eigenvalue weighted by Gasteiger charge is -2.21. The number of aryl methyl sites for hydroxylation is 1. The zero-order chi connectivity index (χ0) is 21.2. The molecule has 0 aromatic heterocycles. The first-order valence-electron chi connectivity index (χ1n) is 9.85. The Labute approximate surface area is 170 Å². The molecular weight excluding hydrogens is 376 g/mol. The second-order valence-electron chi connectivity index (χ2n) is 7.20. The minimum Gasteiger partial charge on any atom is -0.481 e. The average Bonchev–Trinajstić information content (AvgIpc) is 2.98. The van der Waals surface area contributed by atoms with E-state index in [9.17, 15) is 19.5 Å². The van der Waals surface area contributed by atoms with Crippen molar-refractivity contribution in [2.24, 2.45) is 11.8 Å². The van der Waals surface area contributed by atoms with Gasteiger partial charge in [-0.2, -0.15) is 0 Å². The van der Waals surface area contributed by atoms with Crippen molar-refractivity contribution < 1.29 is 34.1 Å². The number of carboxylic acid groups (broad SMARTS) is 1. The first kappa shape index (κ1) is 22.6. The molecule has 0 radical (unpaired) electrons. The van der Waals surface area contributed by atoms with Crippen molar-refractivity contribution in [3.63, 3.8) is 0 Å². The number of carbonyl (C=O) groups excluding carboxylic acids is 2. The van der Waals surface area contributed by atoms with Gasteiger partial charge in [0.2, 0.25) is 0 Å². The predicted molar refractivity (Wildman–Crippen MR) is 105 cm³/mol. The average molecular weight is 404 g/mol. The molecule has 29 heavy (non-hydrogen) atoms. The maximum atomic E-state index is 11.8. The highest BCUT2D eigenvalue weighted by Crippen LogP contribution is 2.37. The first-order chi connectivity index (χ1) is 13.9. The molecule has 1 fully saturated rings. The molecule has 1 aliphatic rings. The predicted octanol–water partition coefficient (Wildman–Crippen LogP) is 2.51.